The number of benzene rings is 3. The van der Waals surface area contributed by atoms with Gasteiger partial charge in [0.15, 0.2) is 0 Å². The maximum Gasteiger partial charge on any atom is 0.262 e. The minimum absolute atomic E-state index is 0.106. The summed E-state index contributed by atoms with van der Waals surface area (Å²) in [6, 6.07) is 17.9. The molecule has 8 heteroatoms. The number of anilines is 2. The summed E-state index contributed by atoms with van der Waals surface area (Å²) < 4.78 is 28.9. The van der Waals surface area contributed by atoms with Crippen molar-refractivity contribution in [2.75, 3.05) is 35.8 Å². The van der Waals surface area contributed by atoms with Gasteiger partial charge in [0.05, 0.1) is 10.6 Å². The van der Waals surface area contributed by atoms with Gasteiger partial charge in [-0.1, -0.05) is 41.9 Å². The number of rotatable bonds is 5. The third kappa shape index (κ3) is 5.05. The standard InChI is InChI=1S/C26H28ClN3O3S/c1-18-6-4-5-7-23(18)28-34(32,33)25-16-21(10-8-20(25)3)26(31)30-14-12-29(13-15-30)24-17-22(27)11-9-19(24)2/h4-11,16-17,28H,12-15H2,1-3H3. The molecule has 6 nitrogen and oxygen atoms in total. The van der Waals surface area contributed by atoms with Gasteiger partial charge in [-0.25, -0.2) is 8.42 Å². The second-order valence-corrected chi connectivity index (χ2v) is 10.7. The molecule has 0 aliphatic carbocycles. The van der Waals surface area contributed by atoms with Crippen molar-refractivity contribution in [2.24, 2.45) is 0 Å². The van der Waals surface area contributed by atoms with Gasteiger partial charge in [-0.15, -0.1) is 0 Å². The van der Waals surface area contributed by atoms with Crippen molar-refractivity contribution in [3.8, 4) is 0 Å². The van der Waals surface area contributed by atoms with Crippen LogP contribution in [0.4, 0.5) is 11.4 Å². The van der Waals surface area contributed by atoms with Crippen molar-refractivity contribution in [2.45, 2.75) is 25.7 Å². The van der Waals surface area contributed by atoms with Crippen molar-refractivity contribution in [1.29, 1.82) is 0 Å². The van der Waals surface area contributed by atoms with Crippen LogP contribution in [0.1, 0.15) is 27.0 Å². The highest BCUT2D eigenvalue weighted by Crippen LogP contribution is 2.27. The number of nitrogens with zero attached hydrogens (tertiary/aromatic N) is 2. The molecular weight excluding hydrogens is 470 g/mol. The third-order valence-electron chi connectivity index (χ3n) is 6.19. The summed E-state index contributed by atoms with van der Waals surface area (Å²) in [5.41, 5.74) is 4.50. The van der Waals surface area contributed by atoms with Gasteiger partial charge >= 0.3 is 0 Å². The number of halogens is 1. The van der Waals surface area contributed by atoms with Gasteiger partial charge < -0.3 is 9.80 Å². The van der Waals surface area contributed by atoms with E-state index in [1.807, 2.05) is 44.2 Å². The van der Waals surface area contributed by atoms with Crippen LogP contribution in [0.2, 0.25) is 5.02 Å². The molecule has 1 N–H and O–H groups in total. The highest BCUT2D eigenvalue weighted by molar-refractivity contribution is 7.92. The number of para-hydroxylation sites is 1. The van der Waals surface area contributed by atoms with Crippen LogP contribution in [0.15, 0.2) is 65.6 Å². The number of sulfonamides is 1. The van der Waals surface area contributed by atoms with E-state index in [1.54, 1.807) is 36.1 Å². The smallest absolute Gasteiger partial charge is 0.262 e. The molecule has 34 heavy (non-hydrogen) atoms. The molecule has 4 rings (SSSR count). The molecule has 0 bridgehead atoms. The minimum atomic E-state index is -3.85. The lowest BCUT2D eigenvalue weighted by atomic mass is 10.1. The first-order valence-electron chi connectivity index (χ1n) is 11.2. The normalized spacial score (nSPS) is 14.2. The number of carbonyl (C=O) groups excluding carboxylic acids is 1. The number of piperazine rings is 1. The molecule has 0 radical (unpaired) electrons. The fourth-order valence-corrected chi connectivity index (χ4v) is 5.73. The Kier molecular flexibility index (Phi) is 6.86. The van der Waals surface area contributed by atoms with Crippen LogP contribution in [0, 0.1) is 20.8 Å². The zero-order valence-corrected chi connectivity index (χ0v) is 21.1. The maximum atomic E-state index is 13.2. The first-order valence-corrected chi connectivity index (χ1v) is 13.0. The molecule has 0 aromatic heterocycles. The molecule has 0 unspecified atom stereocenters. The molecule has 1 heterocycles. The number of nitrogens with one attached hydrogen (secondary N) is 1. The molecule has 1 aliphatic rings. The van der Waals surface area contributed by atoms with Gasteiger partial charge in [-0.2, -0.15) is 0 Å². The predicted molar refractivity (Wildman–Crippen MR) is 137 cm³/mol. The Bertz CT molecular complexity index is 1330. The lowest BCUT2D eigenvalue weighted by Gasteiger charge is -2.37. The number of amides is 1. The summed E-state index contributed by atoms with van der Waals surface area (Å²) in [4.78, 5) is 17.3. The Balaban J connectivity index is 1.51. The molecule has 1 amide bonds. The van der Waals surface area contributed by atoms with Crippen molar-refractivity contribution in [1.82, 2.24) is 4.90 Å². The van der Waals surface area contributed by atoms with Crippen LogP contribution in [0.3, 0.4) is 0 Å². The topological polar surface area (TPSA) is 69.7 Å². The Hall–Kier alpha value is -3.03. The molecular formula is C26H28ClN3O3S. The summed E-state index contributed by atoms with van der Waals surface area (Å²) >= 11 is 6.17. The van der Waals surface area contributed by atoms with Gasteiger partial charge in [-0.05, 0) is 67.8 Å². The Labute approximate surface area is 206 Å². The van der Waals surface area contributed by atoms with Crippen LogP contribution in [0.25, 0.3) is 0 Å². The molecule has 178 valence electrons. The zero-order valence-electron chi connectivity index (χ0n) is 19.5. The SMILES string of the molecule is Cc1ccccc1NS(=O)(=O)c1cc(C(=O)N2CCN(c3cc(Cl)ccc3C)CC2)ccc1C. The lowest BCUT2D eigenvalue weighted by Crippen LogP contribution is -2.49. The molecule has 3 aromatic carbocycles. The van der Waals surface area contributed by atoms with Gasteiger partial charge in [0.2, 0.25) is 0 Å². The first kappa shape index (κ1) is 24.1. The average Bonchev–Trinajstić information content (AvgIpc) is 2.82. The van der Waals surface area contributed by atoms with E-state index in [1.165, 1.54) is 6.07 Å². The van der Waals surface area contributed by atoms with Gasteiger partial charge in [0.25, 0.3) is 15.9 Å². The van der Waals surface area contributed by atoms with Gasteiger partial charge in [0, 0.05) is 42.5 Å². The van der Waals surface area contributed by atoms with E-state index in [2.05, 4.69) is 9.62 Å². The molecule has 0 saturated carbocycles. The lowest BCUT2D eigenvalue weighted by molar-refractivity contribution is 0.0746. The first-order chi connectivity index (χ1) is 16.2. The van der Waals surface area contributed by atoms with E-state index in [0.717, 1.165) is 16.8 Å². The van der Waals surface area contributed by atoms with E-state index in [4.69, 9.17) is 11.6 Å². The molecule has 3 aromatic rings. The van der Waals surface area contributed by atoms with Crippen molar-refractivity contribution in [3.63, 3.8) is 0 Å². The zero-order chi connectivity index (χ0) is 24.5. The van der Waals surface area contributed by atoms with E-state index >= 15 is 0 Å². The van der Waals surface area contributed by atoms with Crippen LogP contribution in [0.5, 0.6) is 0 Å². The fourth-order valence-electron chi connectivity index (χ4n) is 4.17. The van der Waals surface area contributed by atoms with E-state index < -0.39 is 10.0 Å². The monoisotopic (exact) mass is 497 g/mol. The van der Waals surface area contributed by atoms with Crippen molar-refractivity contribution >= 4 is 38.9 Å². The minimum Gasteiger partial charge on any atom is -0.368 e. The number of carbonyl (C=O) groups is 1. The van der Waals surface area contributed by atoms with E-state index in [0.29, 0.717) is 48.0 Å². The van der Waals surface area contributed by atoms with Crippen LogP contribution in [-0.4, -0.2) is 45.4 Å². The highest BCUT2D eigenvalue weighted by Gasteiger charge is 2.25. The van der Waals surface area contributed by atoms with Gasteiger partial charge in [-0.3, -0.25) is 9.52 Å². The van der Waals surface area contributed by atoms with Gasteiger partial charge in [0.1, 0.15) is 0 Å². The Morgan fingerprint density at radius 3 is 2.24 bits per heavy atom. The molecule has 0 spiro atoms. The van der Waals surface area contributed by atoms with Crippen LogP contribution >= 0.6 is 11.6 Å². The van der Waals surface area contributed by atoms with Crippen molar-refractivity contribution in [3.05, 3.63) is 87.9 Å². The van der Waals surface area contributed by atoms with Crippen molar-refractivity contribution < 1.29 is 13.2 Å². The average molecular weight is 498 g/mol. The molecule has 0 atom stereocenters. The largest absolute Gasteiger partial charge is 0.368 e. The summed E-state index contributed by atoms with van der Waals surface area (Å²) in [5, 5.41) is 0.687. The predicted octanol–water partition coefficient (Wildman–Crippen LogP) is 5.03. The van der Waals surface area contributed by atoms with Crippen LogP contribution < -0.4 is 9.62 Å². The summed E-state index contributed by atoms with van der Waals surface area (Å²) in [7, 11) is -3.85. The van der Waals surface area contributed by atoms with E-state index in [-0.39, 0.29) is 10.8 Å². The Morgan fingerprint density at radius 1 is 0.853 bits per heavy atom. The summed E-state index contributed by atoms with van der Waals surface area (Å²) in [6.07, 6.45) is 0. The van der Waals surface area contributed by atoms with E-state index in [9.17, 15) is 13.2 Å². The quantitative estimate of drug-likeness (QED) is 0.537. The number of hydrogen-bond acceptors (Lipinski definition) is 4. The second-order valence-electron chi connectivity index (χ2n) is 8.61. The maximum absolute atomic E-state index is 13.2. The molecule has 1 saturated heterocycles. The molecule has 1 aliphatic heterocycles. The third-order valence-corrected chi connectivity index (χ3v) is 7.94. The number of aryl methyl sites for hydroxylation is 3. The fraction of sp³-hybridized carbons (Fsp3) is 0.269. The number of hydrogen-bond donors (Lipinski definition) is 1. The highest BCUT2D eigenvalue weighted by atomic mass is 35.5. The summed E-state index contributed by atoms with van der Waals surface area (Å²) in [5.74, 6) is -0.171. The Morgan fingerprint density at radius 2 is 1.53 bits per heavy atom. The second kappa shape index (κ2) is 9.68. The molecule has 1 fully saturated rings. The van der Waals surface area contributed by atoms with Crippen LogP contribution in [-0.2, 0) is 10.0 Å². The summed E-state index contributed by atoms with van der Waals surface area (Å²) in [6.45, 7) is 8.06.